The molecule has 1 amide bonds. The van der Waals surface area contributed by atoms with Gasteiger partial charge in [0.2, 0.25) is 0 Å². The minimum Gasteiger partial charge on any atom is -0.383 e. The SMILES string of the molecule is COCCN(Cc1cccnc1)C(=O)c1cnc(-c2ccc(C)cc2)[nH]c1=O. The van der Waals surface area contributed by atoms with Crippen LogP contribution < -0.4 is 5.56 Å². The third kappa shape index (κ3) is 4.69. The van der Waals surface area contributed by atoms with Crippen molar-refractivity contribution in [3.63, 3.8) is 0 Å². The van der Waals surface area contributed by atoms with E-state index >= 15 is 0 Å². The van der Waals surface area contributed by atoms with Gasteiger partial charge in [-0.2, -0.15) is 0 Å². The lowest BCUT2D eigenvalue weighted by molar-refractivity contribution is 0.0678. The summed E-state index contributed by atoms with van der Waals surface area (Å²) >= 11 is 0. The third-order valence-electron chi connectivity index (χ3n) is 4.30. The molecule has 0 aliphatic heterocycles. The van der Waals surface area contributed by atoms with Gasteiger partial charge in [0, 0.05) is 44.4 Å². The van der Waals surface area contributed by atoms with Gasteiger partial charge >= 0.3 is 0 Å². The van der Waals surface area contributed by atoms with E-state index in [0.29, 0.717) is 25.5 Å². The smallest absolute Gasteiger partial charge is 0.264 e. The number of benzene rings is 1. The third-order valence-corrected chi connectivity index (χ3v) is 4.30. The number of aromatic amines is 1. The van der Waals surface area contributed by atoms with Gasteiger partial charge in [-0.25, -0.2) is 4.98 Å². The Morgan fingerprint density at radius 3 is 2.61 bits per heavy atom. The maximum Gasteiger partial charge on any atom is 0.264 e. The van der Waals surface area contributed by atoms with Crippen molar-refractivity contribution in [3.05, 3.63) is 82.0 Å². The average Bonchev–Trinajstić information content (AvgIpc) is 2.72. The number of methoxy groups -OCH3 is 1. The number of carbonyl (C=O) groups is 1. The highest BCUT2D eigenvalue weighted by Crippen LogP contribution is 2.14. The molecule has 2 aromatic heterocycles. The molecule has 0 atom stereocenters. The molecule has 1 aromatic carbocycles. The average molecular weight is 378 g/mol. The molecule has 0 spiro atoms. The molecule has 3 rings (SSSR count). The van der Waals surface area contributed by atoms with E-state index in [0.717, 1.165) is 16.7 Å². The fraction of sp³-hybridized carbons (Fsp3) is 0.238. The number of hydrogen-bond donors (Lipinski definition) is 1. The molecule has 0 fully saturated rings. The molecule has 1 N–H and O–H groups in total. The number of ether oxygens (including phenoxy) is 1. The first-order chi connectivity index (χ1) is 13.6. The Labute approximate surface area is 163 Å². The van der Waals surface area contributed by atoms with Crippen LogP contribution in [-0.2, 0) is 11.3 Å². The Kier molecular flexibility index (Phi) is 6.29. The quantitative estimate of drug-likeness (QED) is 0.682. The van der Waals surface area contributed by atoms with Crippen LogP contribution in [0.15, 0.2) is 59.8 Å². The van der Waals surface area contributed by atoms with Gasteiger partial charge in [0.05, 0.1) is 6.61 Å². The fourth-order valence-electron chi connectivity index (χ4n) is 2.74. The molecule has 28 heavy (non-hydrogen) atoms. The number of pyridine rings is 1. The van der Waals surface area contributed by atoms with Crippen molar-refractivity contribution in [2.75, 3.05) is 20.3 Å². The summed E-state index contributed by atoms with van der Waals surface area (Å²) in [6, 6.07) is 11.3. The lowest BCUT2D eigenvalue weighted by Crippen LogP contribution is -2.36. The molecule has 3 aromatic rings. The predicted octanol–water partition coefficient (Wildman–Crippen LogP) is 2.43. The zero-order valence-corrected chi connectivity index (χ0v) is 15.9. The van der Waals surface area contributed by atoms with Crippen LogP contribution in [0.3, 0.4) is 0 Å². The van der Waals surface area contributed by atoms with Gasteiger partial charge in [0.15, 0.2) is 0 Å². The lowest BCUT2D eigenvalue weighted by Gasteiger charge is -2.22. The van der Waals surface area contributed by atoms with Crippen molar-refractivity contribution < 1.29 is 9.53 Å². The fourth-order valence-corrected chi connectivity index (χ4v) is 2.74. The van der Waals surface area contributed by atoms with Gasteiger partial charge < -0.3 is 14.6 Å². The Hall–Kier alpha value is -3.32. The number of nitrogens with one attached hydrogen (secondary N) is 1. The van der Waals surface area contributed by atoms with Crippen LogP contribution in [0.4, 0.5) is 0 Å². The van der Waals surface area contributed by atoms with E-state index in [9.17, 15) is 9.59 Å². The molecule has 0 radical (unpaired) electrons. The zero-order chi connectivity index (χ0) is 19.9. The summed E-state index contributed by atoms with van der Waals surface area (Å²) in [6.45, 7) is 3.02. The summed E-state index contributed by atoms with van der Waals surface area (Å²) < 4.78 is 5.10. The van der Waals surface area contributed by atoms with Crippen LogP contribution in [0.2, 0.25) is 0 Å². The van der Waals surface area contributed by atoms with Crippen LogP contribution in [0.1, 0.15) is 21.5 Å². The first kappa shape index (κ1) is 19.4. The van der Waals surface area contributed by atoms with Crippen LogP contribution in [-0.4, -0.2) is 46.0 Å². The second-order valence-corrected chi connectivity index (χ2v) is 6.42. The van der Waals surface area contributed by atoms with Crippen molar-refractivity contribution in [1.29, 1.82) is 0 Å². The van der Waals surface area contributed by atoms with E-state index in [1.165, 1.54) is 6.20 Å². The van der Waals surface area contributed by atoms with Gasteiger partial charge in [-0.3, -0.25) is 14.6 Å². The normalized spacial score (nSPS) is 10.6. The van der Waals surface area contributed by atoms with Gasteiger partial charge in [0.25, 0.3) is 11.5 Å². The topological polar surface area (TPSA) is 88.2 Å². The molecule has 0 unspecified atom stereocenters. The van der Waals surface area contributed by atoms with E-state index < -0.39 is 11.5 Å². The van der Waals surface area contributed by atoms with E-state index in [2.05, 4.69) is 15.0 Å². The van der Waals surface area contributed by atoms with Gasteiger partial charge in [-0.15, -0.1) is 0 Å². The first-order valence-corrected chi connectivity index (χ1v) is 8.92. The molecule has 7 nitrogen and oxygen atoms in total. The van der Waals surface area contributed by atoms with Gasteiger partial charge in [-0.05, 0) is 18.6 Å². The summed E-state index contributed by atoms with van der Waals surface area (Å²) in [7, 11) is 1.57. The van der Waals surface area contributed by atoms with E-state index in [1.54, 1.807) is 30.5 Å². The monoisotopic (exact) mass is 378 g/mol. The maximum atomic E-state index is 13.0. The first-order valence-electron chi connectivity index (χ1n) is 8.92. The Morgan fingerprint density at radius 1 is 1.18 bits per heavy atom. The highest BCUT2D eigenvalue weighted by atomic mass is 16.5. The minimum atomic E-state index is -0.468. The number of aromatic nitrogens is 3. The molecule has 0 saturated carbocycles. The Balaban J connectivity index is 1.85. The van der Waals surface area contributed by atoms with Crippen molar-refractivity contribution in [2.45, 2.75) is 13.5 Å². The summed E-state index contributed by atoms with van der Waals surface area (Å²) in [5.74, 6) is 0.0300. The largest absolute Gasteiger partial charge is 0.383 e. The van der Waals surface area contributed by atoms with Crippen molar-refractivity contribution in [3.8, 4) is 11.4 Å². The highest BCUT2D eigenvalue weighted by Gasteiger charge is 2.20. The Morgan fingerprint density at radius 2 is 1.96 bits per heavy atom. The molecule has 0 bridgehead atoms. The predicted molar refractivity (Wildman–Crippen MR) is 106 cm³/mol. The van der Waals surface area contributed by atoms with Gasteiger partial charge in [-0.1, -0.05) is 35.9 Å². The molecule has 0 aliphatic rings. The Bertz CT molecular complexity index is 985. The van der Waals surface area contributed by atoms with Crippen LogP contribution in [0.5, 0.6) is 0 Å². The van der Waals surface area contributed by atoms with E-state index in [1.807, 2.05) is 37.3 Å². The molecular weight excluding hydrogens is 356 g/mol. The number of hydrogen-bond acceptors (Lipinski definition) is 5. The number of carbonyl (C=O) groups excluding carboxylic acids is 1. The molecular formula is C21H22N4O3. The van der Waals surface area contributed by atoms with E-state index in [-0.39, 0.29) is 5.56 Å². The lowest BCUT2D eigenvalue weighted by atomic mass is 10.1. The maximum absolute atomic E-state index is 13.0. The zero-order valence-electron chi connectivity index (χ0n) is 15.9. The second-order valence-electron chi connectivity index (χ2n) is 6.42. The number of amides is 1. The number of rotatable bonds is 7. The summed E-state index contributed by atoms with van der Waals surface area (Å²) in [4.78, 5) is 38.1. The summed E-state index contributed by atoms with van der Waals surface area (Å²) in [6.07, 6.45) is 4.69. The highest BCUT2D eigenvalue weighted by molar-refractivity contribution is 5.93. The number of aryl methyl sites for hydroxylation is 1. The minimum absolute atomic E-state index is 0.00384. The standard InChI is InChI=1S/C21H22N4O3/c1-15-5-7-17(8-6-15)19-23-13-18(20(26)24-19)21(27)25(10-11-28-2)14-16-4-3-9-22-12-16/h3-9,12-13H,10-11,14H2,1-2H3,(H,23,24,26). The van der Waals surface area contributed by atoms with E-state index in [4.69, 9.17) is 4.74 Å². The summed E-state index contributed by atoms with van der Waals surface area (Å²) in [5.41, 5.74) is 2.29. The molecule has 7 heteroatoms. The number of nitrogens with zero attached hydrogens (tertiary/aromatic N) is 3. The van der Waals surface area contributed by atoms with Crippen molar-refractivity contribution in [1.82, 2.24) is 19.9 Å². The molecule has 0 saturated heterocycles. The molecule has 144 valence electrons. The van der Waals surface area contributed by atoms with Crippen molar-refractivity contribution in [2.24, 2.45) is 0 Å². The van der Waals surface area contributed by atoms with Crippen molar-refractivity contribution >= 4 is 5.91 Å². The second kappa shape index (κ2) is 9.05. The summed E-state index contributed by atoms with van der Waals surface area (Å²) in [5, 5.41) is 0. The van der Waals surface area contributed by atoms with Crippen LogP contribution >= 0.6 is 0 Å². The molecule has 0 aliphatic carbocycles. The van der Waals surface area contributed by atoms with Crippen LogP contribution in [0, 0.1) is 6.92 Å². The van der Waals surface area contributed by atoms with Crippen LogP contribution in [0.25, 0.3) is 11.4 Å². The van der Waals surface area contributed by atoms with Gasteiger partial charge in [0.1, 0.15) is 11.4 Å². The molecule has 2 heterocycles. The number of H-pyrrole nitrogens is 1.